The van der Waals surface area contributed by atoms with Crippen molar-refractivity contribution in [2.24, 2.45) is 0 Å². The van der Waals surface area contributed by atoms with Crippen molar-refractivity contribution in [1.82, 2.24) is 15.6 Å². The van der Waals surface area contributed by atoms with Crippen LogP contribution in [0.3, 0.4) is 0 Å². The average Bonchev–Trinajstić information content (AvgIpc) is 3.17. The van der Waals surface area contributed by atoms with E-state index >= 15 is 0 Å². The third-order valence-corrected chi connectivity index (χ3v) is 5.49. The summed E-state index contributed by atoms with van der Waals surface area (Å²) in [4.78, 5) is 27.1. The fourth-order valence-electron chi connectivity index (χ4n) is 3.58. The van der Waals surface area contributed by atoms with Gasteiger partial charge in [-0.05, 0) is 44.0 Å². The lowest BCUT2D eigenvalue weighted by atomic mass is 10.0. The van der Waals surface area contributed by atoms with E-state index in [0.29, 0.717) is 28.5 Å². The van der Waals surface area contributed by atoms with Crippen LogP contribution >= 0.6 is 11.6 Å². The van der Waals surface area contributed by atoms with E-state index in [1.54, 1.807) is 12.1 Å². The average molecular weight is 488 g/mol. The molecule has 0 fully saturated rings. The fourth-order valence-corrected chi connectivity index (χ4v) is 3.80. The topological polar surface area (TPSA) is 113 Å². The number of para-hydroxylation sites is 1. The minimum absolute atomic E-state index is 0.187. The van der Waals surface area contributed by atoms with Crippen molar-refractivity contribution in [3.63, 3.8) is 0 Å². The molecule has 0 aliphatic rings. The Labute approximate surface area is 203 Å². The number of benzene rings is 2. The Morgan fingerprint density at radius 3 is 2.56 bits per heavy atom. The monoisotopic (exact) mass is 487 g/mol. The number of carboxylic acid groups (broad SMARTS) is 1. The summed E-state index contributed by atoms with van der Waals surface area (Å²) in [6, 6.07) is 10.2. The molecule has 182 valence electrons. The van der Waals surface area contributed by atoms with Gasteiger partial charge in [0.05, 0.1) is 7.11 Å². The Morgan fingerprint density at radius 1 is 1.15 bits per heavy atom. The van der Waals surface area contributed by atoms with Crippen molar-refractivity contribution in [2.45, 2.75) is 45.3 Å². The summed E-state index contributed by atoms with van der Waals surface area (Å²) < 4.78 is 11.0. The van der Waals surface area contributed by atoms with E-state index in [4.69, 9.17) is 21.1 Å². The van der Waals surface area contributed by atoms with E-state index in [1.165, 1.54) is 7.11 Å². The SMILES string of the molecule is COc1cc(CNC(Cc2c[nH]c3ccccc23)C(=O)O)c(Cl)cc1OCC(=O)NC(C)(C)C. The second kappa shape index (κ2) is 10.8. The highest BCUT2D eigenvalue weighted by atomic mass is 35.5. The number of aromatic nitrogens is 1. The van der Waals surface area contributed by atoms with Gasteiger partial charge in [-0.3, -0.25) is 14.9 Å². The van der Waals surface area contributed by atoms with Crippen LogP contribution in [0.1, 0.15) is 31.9 Å². The zero-order chi connectivity index (χ0) is 24.9. The number of carbonyl (C=O) groups excluding carboxylic acids is 1. The number of methoxy groups -OCH3 is 1. The molecule has 34 heavy (non-hydrogen) atoms. The van der Waals surface area contributed by atoms with Gasteiger partial charge in [-0.15, -0.1) is 0 Å². The Balaban J connectivity index is 1.69. The highest BCUT2D eigenvalue weighted by molar-refractivity contribution is 6.31. The van der Waals surface area contributed by atoms with Crippen LogP contribution in [0.4, 0.5) is 0 Å². The molecule has 0 saturated heterocycles. The molecule has 3 rings (SSSR count). The molecule has 3 aromatic rings. The lowest BCUT2D eigenvalue weighted by Gasteiger charge is -2.21. The molecule has 1 amide bonds. The Bertz CT molecular complexity index is 1170. The number of carboxylic acids is 1. The summed E-state index contributed by atoms with van der Waals surface area (Å²) in [5.41, 5.74) is 2.15. The second-order valence-electron chi connectivity index (χ2n) is 9.02. The van der Waals surface area contributed by atoms with Crippen molar-refractivity contribution in [3.8, 4) is 11.5 Å². The van der Waals surface area contributed by atoms with E-state index in [0.717, 1.165) is 16.5 Å². The van der Waals surface area contributed by atoms with E-state index in [9.17, 15) is 14.7 Å². The number of hydrogen-bond acceptors (Lipinski definition) is 5. The molecule has 2 aromatic carbocycles. The number of rotatable bonds is 10. The molecule has 0 radical (unpaired) electrons. The first-order valence-corrected chi connectivity index (χ1v) is 11.3. The molecule has 4 N–H and O–H groups in total. The molecular formula is C25H30ClN3O5. The number of H-pyrrole nitrogens is 1. The molecule has 0 aliphatic carbocycles. The molecule has 1 atom stereocenters. The molecule has 1 unspecified atom stereocenters. The van der Waals surface area contributed by atoms with Gasteiger partial charge in [0, 0.05) is 46.7 Å². The largest absolute Gasteiger partial charge is 0.493 e. The van der Waals surface area contributed by atoms with Gasteiger partial charge in [0.15, 0.2) is 18.1 Å². The van der Waals surface area contributed by atoms with E-state index in [-0.39, 0.29) is 24.6 Å². The smallest absolute Gasteiger partial charge is 0.321 e. The van der Waals surface area contributed by atoms with Gasteiger partial charge < -0.3 is 24.9 Å². The van der Waals surface area contributed by atoms with Crippen LogP contribution in [0.2, 0.25) is 5.02 Å². The Hall–Kier alpha value is -3.23. The third-order valence-electron chi connectivity index (χ3n) is 5.14. The molecule has 9 heteroatoms. The number of aliphatic carboxylic acids is 1. The van der Waals surface area contributed by atoms with Crippen molar-refractivity contribution < 1.29 is 24.2 Å². The van der Waals surface area contributed by atoms with Crippen LogP contribution in [0.5, 0.6) is 11.5 Å². The minimum atomic E-state index is -0.960. The summed E-state index contributed by atoms with van der Waals surface area (Å²) in [6.07, 6.45) is 2.14. The molecule has 0 aliphatic heterocycles. The lowest BCUT2D eigenvalue weighted by Crippen LogP contribution is -2.43. The van der Waals surface area contributed by atoms with Gasteiger partial charge in [0.25, 0.3) is 5.91 Å². The summed E-state index contributed by atoms with van der Waals surface area (Å²) in [5, 5.41) is 17.0. The maximum atomic E-state index is 12.1. The number of aromatic amines is 1. The van der Waals surface area contributed by atoms with Gasteiger partial charge in [0.2, 0.25) is 0 Å². The van der Waals surface area contributed by atoms with Gasteiger partial charge >= 0.3 is 5.97 Å². The normalized spacial score (nSPS) is 12.4. The van der Waals surface area contributed by atoms with E-state index in [2.05, 4.69) is 15.6 Å². The fraction of sp³-hybridized carbons (Fsp3) is 0.360. The number of fused-ring (bicyclic) bond motifs is 1. The second-order valence-corrected chi connectivity index (χ2v) is 9.42. The number of hydrogen-bond donors (Lipinski definition) is 4. The summed E-state index contributed by atoms with van der Waals surface area (Å²) in [6.45, 7) is 5.67. The van der Waals surface area contributed by atoms with Crippen LogP contribution in [-0.4, -0.2) is 47.3 Å². The van der Waals surface area contributed by atoms with Gasteiger partial charge in [0.1, 0.15) is 6.04 Å². The Morgan fingerprint density at radius 2 is 1.88 bits per heavy atom. The third kappa shape index (κ3) is 6.65. The summed E-state index contributed by atoms with van der Waals surface area (Å²) in [7, 11) is 1.49. The zero-order valence-electron chi connectivity index (χ0n) is 19.7. The molecule has 0 bridgehead atoms. The van der Waals surface area contributed by atoms with Crippen LogP contribution in [0, 0.1) is 0 Å². The number of halogens is 1. The van der Waals surface area contributed by atoms with Crippen LogP contribution in [0.25, 0.3) is 10.9 Å². The van der Waals surface area contributed by atoms with Gasteiger partial charge in [-0.1, -0.05) is 29.8 Å². The van der Waals surface area contributed by atoms with Crippen LogP contribution in [0.15, 0.2) is 42.6 Å². The molecular weight excluding hydrogens is 458 g/mol. The standard InChI is InChI=1S/C25H30ClN3O5/c1-25(2,3)29-23(30)14-34-22-11-18(26)16(10-21(22)33-4)13-28-20(24(31)32)9-15-12-27-19-8-6-5-7-17(15)19/h5-8,10-12,20,27-28H,9,13-14H2,1-4H3,(H,29,30)(H,31,32). The summed E-state index contributed by atoms with van der Waals surface area (Å²) in [5.74, 6) is -0.502. The van der Waals surface area contributed by atoms with Crippen molar-refractivity contribution in [1.29, 1.82) is 0 Å². The molecule has 1 aromatic heterocycles. The first-order valence-electron chi connectivity index (χ1n) is 10.9. The maximum absolute atomic E-state index is 12.1. The number of carbonyl (C=O) groups is 2. The molecule has 8 nitrogen and oxygen atoms in total. The van der Waals surface area contributed by atoms with Crippen molar-refractivity contribution >= 4 is 34.4 Å². The van der Waals surface area contributed by atoms with Crippen LogP contribution in [-0.2, 0) is 22.6 Å². The minimum Gasteiger partial charge on any atom is -0.493 e. The highest BCUT2D eigenvalue weighted by Crippen LogP contribution is 2.33. The van der Waals surface area contributed by atoms with Crippen molar-refractivity contribution in [2.75, 3.05) is 13.7 Å². The van der Waals surface area contributed by atoms with Crippen LogP contribution < -0.4 is 20.1 Å². The molecule has 0 saturated carbocycles. The van der Waals surface area contributed by atoms with E-state index < -0.39 is 12.0 Å². The Kier molecular flexibility index (Phi) is 8.06. The summed E-state index contributed by atoms with van der Waals surface area (Å²) >= 11 is 6.44. The maximum Gasteiger partial charge on any atom is 0.321 e. The van der Waals surface area contributed by atoms with Crippen molar-refractivity contribution in [3.05, 3.63) is 58.7 Å². The quantitative estimate of drug-likeness (QED) is 0.345. The van der Waals surface area contributed by atoms with Gasteiger partial charge in [-0.25, -0.2) is 0 Å². The number of ether oxygens (including phenoxy) is 2. The lowest BCUT2D eigenvalue weighted by molar-refractivity contribution is -0.139. The molecule has 1 heterocycles. The van der Waals surface area contributed by atoms with E-state index in [1.807, 2.05) is 51.2 Å². The predicted octanol–water partition coefficient (Wildman–Crippen LogP) is 3.91. The van der Waals surface area contributed by atoms with Gasteiger partial charge in [-0.2, -0.15) is 0 Å². The number of amides is 1. The zero-order valence-corrected chi connectivity index (χ0v) is 20.5. The predicted molar refractivity (Wildman–Crippen MR) is 132 cm³/mol. The molecule has 0 spiro atoms. The first kappa shape index (κ1) is 25.4. The first-order chi connectivity index (χ1) is 16.1. The highest BCUT2D eigenvalue weighted by Gasteiger charge is 2.21. The number of nitrogens with one attached hydrogen (secondary N) is 3.